The van der Waals surface area contributed by atoms with Crippen molar-refractivity contribution in [2.75, 3.05) is 7.11 Å². The molecule has 2 nitrogen and oxygen atoms in total. The molecule has 16 heavy (non-hydrogen) atoms. The number of ether oxygens (including phenoxy) is 1. The monoisotopic (exact) mass is 215 g/mol. The van der Waals surface area contributed by atoms with Crippen LogP contribution in [-0.4, -0.2) is 13.2 Å². The van der Waals surface area contributed by atoms with Crippen molar-refractivity contribution >= 4 is 0 Å². The molecule has 3 unspecified atom stereocenters. The molecule has 0 spiro atoms. The Labute approximate surface area is 96.1 Å². The SMILES string of the molecule is COc1ccc2c(c1)C1(C)C=CC(C2)C1N. The molecule has 0 heterocycles. The van der Waals surface area contributed by atoms with Gasteiger partial charge in [-0.3, -0.25) is 0 Å². The van der Waals surface area contributed by atoms with Crippen LogP contribution in [0.15, 0.2) is 30.4 Å². The molecule has 0 aromatic heterocycles. The average molecular weight is 215 g/mol. The Morgan fingerprint density at radius 3 is 3.00 bits per heavy atom. The van der Waals surface area contributed by atoms with Gasteiger partial charge in [-0.25, -0.2) is 0 Å². The van der Waals surface area contributed by atoms with E-state index in [1.807, 2.05) is 6.07 Å². The van der Waals surface area contributed by atoms with Crippen molar-refractivity contribution in [2.24, 2.45) is 11.7 Å². The molecule has 0 saturated heterocycles. The van der Waals surface area contributed by atoms with Crippen LogP contribution in [0.1, 0.15) is 18.1 Å². The number of nitrogens with two attached hydrogens (primary N) is 1. The van der Waals surface area contributed by atoms with Crippen molar-refractivity contribution in [3.63, 3.8) is 0 Å². The number of rotatable bonds is 1. The number of hydrogen-bond acceptors (Lipinski definition) is 2. The van der Waals surface area contributed by atoms with E-state index in [9.17, 15) is 0 Å². The van der Waals surface area contributed by atoms with Gasteiger partial charge >= 0.3 is 0 Å². The maximum Gasteiger partial charge on any atom is 0.119 e. The zero-order valence-electron chi connectivity index (χ0n) is 9.73. The molecule has 2 N–H and O–H groups in total. The predicted octanol–water partition coefficient (Wildman–Crippen LogP) is 2.02. The van der Waals surface area contributed by atoms with Crippen LogP contribution in [0, 0.1) is 5.92 Å². The molecule has 0 amide bonds. The number of fused-ring (bicyclic) bond motifs is 4. The van der Waals surface area contributed by atoms with Gasteiger partial charge in [-0.1, -0.05) is 25.1 Å². The summed E-state index contributed by atoms with van der Waals surface area (Å²) in [5.41, 5.74) is 9.07. The molecule has 2 aliphatic carbocycles. The second-order valence-electron chi connectivity index (χ2n) is 5.06. The first-order chi connectivity index (χ1) is 7.65. The van der Waals surface area contributed by atoms with Crippen LogP contribution >= 0.6 is 0 Å². The number of methoxy groups -OCH3 is 1. The minimum Gasteiger partial charge on any atom is -0.497 e. The third-order valence-corrected chi connectivity index (χ3v) is 4.20. The van der Waals surface area contributed by atoms with Crippen LogP contribution in [0.3, 0.4) is 0 Å². The zero-order valence-corrected chi connectivity index (χ0v) is 9.73. The molecule has 1 aromatic rings. The van der Waals surface area contributed by atoms with Gasteiger partial charge in [0, 0.05) is 11.5 Å². The summed E-state index contributed by atoms with van der Waals surface area (Å²) in [5, 5.41) is 0. The first-order valence-corrected chi connectivity index (χ1v) is 5.77. The summed E-state index contributed by atoms with van der Waals surface area (Å²) in [6.45, 7) is 2.23. The van der Waals surface area contributed by atoms with E-state index in [0.29, 0.717) is 5.92 Å². The highest BCUT2D eigenvalue weighted by atomic mass is 16.5. The maximum atomic E-state index is 6.32. The smallest absolute Gasteiger partial charge is 0.119 e. The molecule has 3 atom stereocenters. The van der Waals surface area contributed by atoms with Gasteiger partial charge in [-0.2, -0.15) is 0 Å². The molecule has 0 saturated carbocycles. The van der Waals surface area contributed by atoms with Crippen molar-refractivity contribution in [2.45, 2.75) is 24.8 Å². The molecule has 2 bridgehead atoms. The van der Waals surface area contributed by atoms with E-state index in [-0.39, 0.29) is 11.5 Å². The van der Waals surface area contributed by atoms with Crippen LogP contribution in [0.4, 0.5) is 0 Å². The van der Waals surface area contributed by atoms with E-state index >= 15 is 0 Å². The first kappa shape index (κ1) is 9.91. The van der Waals surface area contributed by atoms with Crippen LogP contribution in [0.2, 0.25) is 0 Å². The number of benzene rings is 1. The van der Waals surface area contributed by atoms with Crippen molar-refractivity contribution in [1.82, 2.24) is 0 Å². The Balaban J connectivity index is 2.18. The summed E-state index contributed by atoms with van der Waals surface area (Å²) in [6.07, 6.45) is 5.61. The average Bonchev–Trinajstić information content (AvgIpc) is 2.50. The fourth-order valence-corrected chi connectivity index (χ4v) is 3.08. The lowest BCUT2D eigenvalue weighted by molar-refractivity contribution is 0.368. The van der Waals surface area contributed by atoms with Crippen molar-refractivity contribution in [1.29, 1.82) is 0 Å². The van der Waals surface area contributed by atoms with Crippen molar-refractivity contribution in [3.8, 4) is 5.75 Å². The van der Waals surface area contributed by atoms with Crippen LogP contribution in [0.25, 0.3) is 0 Å². The van der Waals surface area contributed by atoms with Crippen molar-refractivity contribution < 1.29 is 4.74 Å². The van der Waals surface area contributed by atoms with E-state index in [1.165, 1.54) is 11.1 Å². The van der Waals surface area contributed by atoms with Gasteiger partial charge in [0.1, 0.15) is 5.75 Å². The van der Waals surface area contributed by atoms with E-state index in [2.05, 4.69) is 31.2 Å². The largest absolute Gasteiger partial charge is 0.497 e. The second-order valence-corrected chi connectivity index (χ2v) is 5.06. The minimum atomic E-state index is -0.00715. The molecular formula is C14H17NO. The molecule has 0 fully saturated rings. The highest BCUT2D eigenvalue weighted by molar-refractivity contribution is 5.50. The molecule has 3 rings (SSSR count). The summed E-state index contributed by atoms with van der Waals surface area (Å²) in [7, 11) is 1.71. The maximum absolute atomic E-state index is 6.32. The summed E-state index contributed by atoms with van der Waals surface area (Å²) in [5.74, 6) is 1.43. The third kappa shape index (κ3) is 1.11. The fraction of sp³-hybridized carbons (Fsp3) is 0.429. The van der Waals surface area contributed by atoms with Gasteiger partial charge in [0.15, 0.2) is 0 Å². The van der Waals surface area contributed by atoms with Gasteiger partial charge in [0.2, 0.25) is 0 Å². The van der Waals surface area contributed by atoms with Crippen LogP contribution in [-0.2, 0) is 11.8 Å². The summed E-state index contributed by atoms with van der Waals surface area (Å²) >= 11 is 0. The van der Waals surface area contributed by atoms with Gasteiger partial charge < -0.3 is 10.5 Å². The number of hydrogen-bond donors (Lipinski definition) is 1. The van der Waals surface area contributed by atoms with Gasteiger partial charge in [0.05, 0.1) is 7.11 Å². The first-order valence-electron chi connectivity index (χ1n) is 5.77. The van der Waals surface area contributed by atoms with Crippen LogP contribution < -0.4 is 10.5 Å². The zero-order chi connectivity index (χ0) is 11.3. The van der Waals surface area contributed by atoms with Gasteiger partial charge in [-0.05, 0) is 35.6 Å². The minimum absolute atomic E-state index is 0.00715. The Morgan fingerprint density at radius 2 is 2.25 bits per heavy atom. The topological polar surface area (TPSA) is 35.2 Å². The fourth-order valence-electron chi connectivity index (χ4n) is 3.08. The summed E-state index contributed by atoms with van der Waals surface area (Å²) < 4.78 is 5.30. The lowest BCUT2D eigenvalue weighted by Gasteiger charge is -2.38. The Morgan fingerprint density at radius 1 is 1.44 bits per heavy atom. The Kier molecular flexibility index (Phi) is 1.93. The molecule has 0 aliphatic heterocycles. The molecule has 2 heteroatoms. The molecular weight excluding hydrogens is 198 g/mol. The Hall–Kier alpha value is -1.28. The second kappa shape index (κ2) is 3.11. The molecule has 1 aromatic carbocycles. The van der Waals surface area contributed by atoms with E-state index in [4.69, 9.17) is 10.5 Å². The lowest BCUT2D eigenvalue weighted by Crippen LogP contribution is -2.46. The third-order valence-electron chi connectivity index (χ3n) is 4.20. The van der Waals surface area contributed by atoms with Gasteiger partial charge in [0.25, 0.3) is 0 Å². The van der Waals surface area contributed by atoms with E-state index in [0.717, 1.165) is 12.2 Å². The molecule has 2 aliphatic rings. The quantitative estimate of drug-likeness (QED) is 0.727. The van der Waals surface area contributed by atoms with E-state index in [1.54, 1.807) is 7.11 Å². The van der Waals surface area contributed by atoms with Crippen LogP contribution in [0.5, 0.6) is 5.75 Å². The molecule has 84 valence electrons. The highest BCUT2D eigenvalue weighted by Crippen LogP contribution is 2.46. The standard InChI is InChI=1S/C14H17NO/c1-14-6-5-10(13(14)15)7-9-3-4-11(16-2)8-12(9)14/h3-6,8,10,13H,7,15H2,1-2H3. The van der Waals surface area contributed by atoms with Gasteiger partial charge in [-0.15, -0.1) is 0 Å². The Bertz CT molecular complexity index is 466. The normalized spacial score (nSPS) is 34.9. The predicted molar refractivity (Wildman–Crippen MR) is 64.7 cm³/mol. The van der Waals surface area contributed by atoms with Crippen molar-refractivity contribution in [3.05, 3.63) is 41.5 Å². The highest BCUT2D eigenvalue weighted by Gasteiger charge is 2.45. The summed E-state index contributed by atoms with van der Waals surface area (Å²) in [4.78, 5) is 0. The lowest BCUT2D eigenvalue weighted by atomic mass is 9.69. The molecule has 0 radical (unpaired) electrons. The van der Waals surface area contributed by atoms with E-state index < -0.39 is 0 Å². The summed E-state index contributed by atoms with van der Waals surface area (Å²) in [6, 6.07) is 6.57.